The van der Waals surface area contributed by atoms with E-state index in [2.05, 4.69) is 24.9 Å². The number of rotatable bonds is 5. The third-order valence-corrected chi connectivity index (χ3v) is 1.61. The Labute approximate surface area is 123 Å². The molecule has 0 aromatic carbocycles. The molecular formula is C7H15KNS2. The van der Waals surface area contributed by atoms with E-state index in [0.29, 0.717) is 4.32 Å². The molecule has 0 fully saturated rings. The van der Waals surface area contributed by atoms with Gasteiger partial charge in [0, 0.05) is 57.9 Å². The Morgan fingerprint density at radius 2 is 2.00 bits per heavy atom. The molecule has 0 aromatic heterocycles. The van der Waals surface area contributed by atoms with Gasteiger partial charge in [-0.2, -0.15) is 0 Å². The Bertz CT molecular complexity index is 98.4. The van der Waals surface area contributed by atoms with Gasteiger partial charge in [0.2, 0.25) is 0 Å². The van der Waals surface area contributed by atoms with Crippen molar-refractivity contribution in [1.29, 1.82) is 0 Å². The summed E-state index contributed by atoms with van der Waals surface area (Å²) in [5.41, 5.74) is 0. The Balaban J connectivity index is 0. The third kappa shape index (κ3) is 14.7. The van der Waals surface area contributed by atoms with Crippen molar-refractivity contribution >= 4 is 80.6 Å². The summed E-state index contributed by atoms with van der Waals surface area (Å²) in [4.78, 5) is 0. The molecular weight excluding hydrogens is 201 g/mol. The first-order chi connectivity index (χ1) is 4.77. The molecule has 0 heterocycles. The van der Waals surface area contributed by atoms with Crippen molar-refractivity contribution in [1.82, 2.24) is 5.32 Å². The Hall–Kier alpha value is 1.88. The average Bonchev–Trinajstić information content (AvgIpc) is 1.87. The van der Waals surface area contributed by atoms with Gasteiger partial charge in [0.05, 0.1) is 0 Å². The van der Waals surface area contributed by atoms with Crippen molar-refractivity contribution in [3.63, 3.8) is 0 Å². The second-order valence-corrected chi connectivity index (χ2v) is 3.45. The molecule has 0 unspecified atom stereocenters. The monoisotopic (exact) mass is 216 g/mol. The fraction of sp³-hybridized carbons (Fsp3) is 0.857. The minimum Gasteiger partial charge on any atom is -0.371 e. The van der Waals surface area contributed by atoms with Crippen LogP contribution in [0.5, 0.6) is 0 Å². The van der Waals surface area contributed by atoms with E-state index < -0.39 is 0 Å². The van der Waals surface area contributed by atoms with Crippen LogP contribution in [-0.4, -0.2) is 62.2 Å². The van der Waals surface area contributed by atoms with Crippen LogP contribution in [0.15, 0.2) is 0 Å². The number of thiol groups is 1. The van der Waals surface area contributed by atoms with Crippen LogP contribution >= 0.6 is 24.8 Å². The summed E-state index contributed by atoms with van der Waals surface area (Å²) >= 11 is 8.67. The van der Waals surface area contributed by atoms with Gasteiger partial charge in [0.25, 0.3) is 0 Å². The quantitative estimate of drug-likeness (QED) is 0.315. The van der Waals surface area contributed by atoms with Crippen LogP contribution in [0.4, 0.5) is 0 Å². The van der Waals surface area contributed by atoms with Crippen LogP contribution in [0.1, 0.15) is 32.6 Å². The molecule has 0 bridgehead atoms. The number of nitrogens with one attached hydrogen (secondary N) is 1. The molecule has 0 aromatic rings. The summed E-state index contributed by atoms with van der Waals surface area (Å²) in [5.74, 6) is 0. The molecule has 11 heavy (non-hydrogen) atoms. The van der Waals surface area contributed by atoms with Gasteiger partial charge in [-0.25, -0.2) is 0 Å². The van der Waals surface area contributed by atoms with E-state index in [1.54, 1.807) is 0 Å². The third-order valence-electron chi connectivity index (χ3n) is 1.31. The standard InChI is InChI=1S/C7H15NS2.K/c1-2-3-4-5-6-8-7(9)10;/h2-6H2,1H3,(H2,8,9,10);. The van der Waals surface area contributed by atoms with Crippen molar-refractivity contribution in [2.24, 2.45) is 0 Å². The molecule has 0 spiro atoms. The summed E-state index contributed by atoms with van der Waals surface area (Å²) in [6, 6.07) is 0. The van der Waals surface area contributed by atoms with E-state index in [1.807, 2.05) is 0 Å². The van der Waals surface area contributed by atoms with Gasteiger partial charge in [-0.1, -0.05) is 38.4 Å². The summed E-state index contributed by atoms with van der Waals surface area (Å²) in [6.45, 7) is 3.18. The molecule has 0 rings (SSSR count). The molecule has 0 atom stereocenters. The molecule has 0 saturated carbocycles. The first-order valence-electron chi connectivity index (χ1n) is 3.74. The first-order valence-corrected chi connectivity index (χ1v) is 4.59. The summed E-state index contributed by atoms with van der Waals surface area (Å²) in [6.07, 6.45) is 5.10. The maximum Gasteiger partial charge on any atom is 0.130 e. The van der Waals surface area contributed by atoms with Gasteiger partial charge in [0.15, 0.2) is 0 Å². The van der Waals surface area contributed by atoms with Crippen molar-refractivity contribution in [3.8, 4) is 0 Å². The van der Waals surface area contributed by atoms with Crippen molar-refractivity contribution in [2.75, 3.05) is 6.54 Å². The molecule has 1 nitrogen and oxygen atoms in total. The first kappa shape index (κ1) is 15.4. The molecule has 4 heteroatoms. The van der Waals surface area contributed by atoms with E-state index in [0.717, 1.165) is 6.54 Å². The van der Waals surface area contributed by atoms with Gasteiger partial charge in [0.1, 0.15) is 4.32 Å². The van der Waals surface area contributed by atoms with Gasteiger partial charge >= 0.3 is 0 Å². The maximum absolute atomic E-state index is 4.73. The van der Waals surface area contributed by atoms with Gasteiger partial charge in [-0.3, -0.25) is 0 Å². The van der Waals surface area contributed by atoms with E-state index in [9.17, 15) is 0 Å². The zero-order valence-electron chi connectivity index (χ0n) is 7.39. The van der Waals surface area contributed by atoms with Crippen LogP contribution in [0.3, 0.4) is 0 Å². The van der Waals surface area contributed by atoms with Crippen molar-refractivity contribution in [3.05, 3.63) is 0 Å². The van der Waals surface area contributed by atoms with Crippen LogP contribution in [-0.2, 0) is 0 Å². The van der Waals surface area contributed by atoms with Crippen molar-refractivity contribution in [2.45, 2.75) is 32.6 Å². The zero-order chi connectivity index (χ0) is 7.82. The normalized spacial score (nSPS) is 8.55. The smallest absolute Gasteiger partial charge is 0.130 e. The minimum absolute atomic E-state index is 0. The predicted octanol–water partition coefficient (Wildman–Crippen LogP) is 1.99. The Morgan fingerprint density at radius 1 is 1.36 bits per heavy atom. The molecule has 0 aliphatic carbocycles. The molecule has 1 radical (unpaired) electrons. The second-order valence-electron chi connectivity index (χ2n) is 2.29. The summed E-state index contributed by atoms with van der Waals surface area (Å²) in [7, 11) is 0. The summed E-state index contributed by atoms with van der Waals surface area (Å²) in [5, 5.41) is 3.00. The average molecular weight is 216 g/mol. The maximum atomic E-state index is 4.73. The van der Waals surface area contributed by atoms with E-state index >= 15 is 0 Å². The largest absolute Gasteiger partial charge is 0.371 e. The molecule has 0 amide bonds. The van der Waals surface area contributed by atoms with E-state index in [-0.39, 0.29) is 51.4 Å². The molecule has 1 N–H and O–H groups in total. The van der Waals surface area contributed by atoms with Gasteiger partial charge in [-0.05, 0) is 6.42 Å². The zero-order valence-corrected chi connectivity index (χ0v) is 12.2. The topological polar surface area (TPSA) is 12.0 Å². The van der Waals surface area contributed by atoms with Crippen LogP contribution in [0.2, 0.25) is 0 Å². The van der Waals surface area contributed by atoms with Gasteiger partial charge < -0.3 is 5.32 Å². The number of unbranched alkanes of at least 4 members (excludes halogenated alkanes) is 3. The SMILES string of the molecule is CCCCCCNC(=S)S.[K]. The summed E-state index contributed by atoms with van der Waals surface area (Å²) < 4.78 is 0.608. The fourth-order valence-corrected chi connectivity index (χ4v) is 0.961. The Morgan fingerprint density at radius 3 is 2.45 bits per heavy atom. The van der Waals surface area contributed by atoms with E-state index in [1.165, 1.54) is 25.7 Å². The van der Waals surface area contributed by atoms with Crippen LogP contribution in [0.25, 0.3) is 0 Å². The van der Waals surface area contributed by atoms with Crippen LogP contribution < -0.4 is 5.32 Å². The molecule has 0 saturated heterocycles. The molecule has 0 aliphatic rings. The molecule has 0 aliphatic heterocycles. The van der Waals surface area contributed by atoms with E-state index in [4.69, 9.17) is 12.2 Å². The number of hydrogen-bond donors (Lipinski definition) is 2. The molecule has 61 valence electrons. The van der Waals surface area contributed by atoms with Crippen molar-refractivity contribution < 1.29 is 0 Å². The predicted molar refractivity (Wildman–Crippen MR) is 59.5 cm³/mol. The van der Waals surface area contributed by atoms with Gasteiger partial charge in [-0.15, -0.1) is 12.6 Å². The van der Waals surface area contributed by atoms with Crippen LogP contribution in [0, 0.1) is 0 Å². The fourth-order valence-electron chi connectivity index (χ4n) is 0.747. The minimum atomic E-state index is 0. The number of hydrogen-bond acceptors (Lipinski definition) is 1. The second kappa shape index (κ2) is 11.9. The Kier molecular flexibility index (Phi) is 16.6. The number of thiocarbonyl (C=S) groups is 1.